The van der Waals surface area contributed by atoms with E-state index >= 15 is 0 Å². The molecule has 0 aliphatic carbocycles. The van der Waals surface area contributed by atoms with E-state index < -0.39 is 22.4 Å². The van der Waals surface area contributed by atoms with Gasteiger partial charge in [-0.2, -0.15) is 13.2 Å². The third kappa shape index (κ3) is 5.38. The van der Waals surface area contributed by atoms with Gasteiger partial charge in [0.2, 0.25) is 5.91 Å². The first-order valence-corrected chi connectivity index (χ1v) is 11.0. The molecular formula is C22H25F3N6O3. The number of anilines is 2. The molecule has 2 aromatic rings. The summed E-state index contributed by atoms with van der Waals surface area (Å²) in [5, 5.41) is 11.4. The number of carbonyl (C=O) groups excluding carboxylic acids is 1. The Labute approximate surface area is 194 Å². The average molecular weight is 478 g/mol. The van der Waals surface area contributed by atoms with E-state index in [1.807, 2.05) is 28.0 Å². The van der Waals surface area contributed by atoms with E-state index in [1.165, 1.54) is 0 Å². The van der Waals surface area contributed by atoms with Gasteiger partial charge in [0.05, 0.1) is 17.0 Å². The van der Waals surface area contributed by atoms with Gasteiger partial charge in [-0.1, -0.05) is 6.07 Å². The van der Waals surface area contributed by atoms with Crippen LogP contribution in [0, 0.1) is 10.1 Å². The van der Waals surface area contributed by atoms with Crippen molar-refractivity contribution >= 4 is 23.1 Å². The molecule has 0 bridgehead atoms. The van der Waals surface area contributed by atoms with E-state index in [0.717, 1.165) is 18.0 Å². The fraction of sp³-hybridized carbons (Fsp3) is 0.455. The Morgan fingerprint density at radius 2 is 1.65 bits per heavy atom. The Morgan fingerprint density at radius 3 is 2.24 bits per heavy atom. The molecule has 2 aliphatic heterocycles. The zero-order valence-corrected chi connectivity index (χ0v) is 18.4. The standard InChI is InChI=1S/C22H25F3N6O3/c23-22(24,25)17-4-5-18(19(15-17)31(33)34)28-9-7-27(8-10-28)16-21(32)30-13-11-29(12-14-30)20-3-1-2-6-26-20/h1-6,15H,7-14,16H2. The lowest BCUT2D eigenvalue weighted by Crippen LogP contribution is -2.54. The van der Waals surface area contributed by atoms with E-state index in [0.29, 0.717) is 58.4 Å². The number of amides is 1. The monoisotopic (exact) mass is 478 g/mol. The molecule has 0 atom stereocenters. The molecular weight excluding hydrogens is 453 g/mol. The number of alkyl halides is 3. The Morgan fingerprint density at radius 1 is 0.971 bits per heavy atom. The summed E-state index contributed by atoms with van der Waals surface area (Å²) < 4.78 is 38.9. The van der Waals surface area contributed by atoms with Gasteiger partial charge in [0.25, 0.3) is 5.69 Å². The highest BCUT2D eigenvalue weighted by atomic mass is 19.4. The molecule has 2 aliphatic rings. The number of nitro groups is 1. The predicted molar refractivity (Wildman–Crippen MR) is 120 cm³/mol. The van der Waals surface area contributed by atoms with Crippen LogP contribution in [0.3, 0.4) is 0 Å². The molecule has 0 N–H and O–H groups in total. The van der Waals surface area contributed by atoms with Crippen molar-refractivity contribution in [3.63, 3.8) is 0 Å². The van der Waals surface area contributed by atoms with Crippen LogP contribution in [0.4, 0.5) is 30.4 Å². The van der Waals surface area contributed by atoms with Crippen LogP contribution in [0.2, 0.25) is 0 Å². The third-order valence-corrected chi connectivity index (χ3v) is 6.18. The summed E-state index contributed by atoms with van der Waals surface area (Å²) in [6, 6.07) is 8.33. The molecule has 1 aromatic carbocycles. The van der Waals surface area contributed by atoms with E-state index in [-0.39, 0.29) is 18.1 Å². The van der Waals surface area contributed by atoms with Gasteiger partial charge in [-0.05, 0) is 24.3 Å². The van der Waals surface area contributed by atoms with Crippen LogP contribution in [0.25, 0.3) is 0 Å². The zero-order valence-electron chi connectivity index (χ0n) is 18.4. The first-order valence-electron chi connectivity index (χ1n) is 11.0. The van der Waals surface area contributed by atoms with Gasteiger partial charge in [-0.15, -0.1) is 0 Å². The first-order chi connectivity index (χ1) is 16.2. The van der Waals surface area contributed by atoms with Gasteiger partial charge in [0.15, 0.2) is 0 Å². The number of hydrogen-bond acceptors (Lipinski definition) is 7. The molecule has 0 spiro atoms. The lowest BCUT2D eigenvalue weighted by molar-refractivity contribution is -0.384. The Kier molecular flexibility index (Phi) is 6.87. The van der Waals surface area contributed by atoms with Gasteiger partial charge < -0.3 is 14.7 Å². The van der Waals surface area contributed by atoms with Crippen LogP contribution >= 0.6 is 0 Å². The molecule has 4 rings (SSSR count). The van der Waals surface area contributed by atoms with E-state index in [9.17, 15) is 28.1 Å². The van der Waals surface area contributed by atoms with Crippen molar-refractivity contribution in [2.75, 3.05) is 68.7 Å². The van der Waals surface area contributed by atoms with Gasteiger partial charge in [0, 0.05) is 64.6 Å². The largest absolute Gasteiger partial charge is 0.416 e. The second-order valence-corrected chi connectivity index (χ2v) is 8.28. The summed E-state index contributed by atoms with van der Waals surface area (Å²) in [5.41, 5.74) is -1.45. The van der Waals surface area contributed by atoms with Crippen LogP contribution in [0.5, 0.6) is 0 Å². The van der Waals surface area contributed by atoms with E-state index in [1.54, 1.807) is 11.1 Å². The molecule has 34 heavy (non-hydrogen) atoms. The SMILES string of the molecule is O=C(CN1CCN(c2ccc(C(F)(F)F)cc2[N+](=O)[O-])CC1)N1CCN(c2ccccn2)CC1. The van der Waals surface area contributed by atoms with Crippen LogP contribution < -0.4 is 9.80 Å². The van der Waals surface area contributed by atoms with Gasteiger partial charge in [0.1, 0.15) is 11.5 Å². The lowest BCUT2D eigenvalue weighted by atomic mass is 10.1. The minimum Gasteiger partial charge on any atom is -0.363 e. The number of halogens is 3. The summed E-state index contributed by atoms with van der Waals surface area (Å²) in [7, 11) is 0. The predicted octanol–water partition coefficient (Wildman–Crippen LogP) is 2.48. The highest BCUT2D eigenvalue weighted by molar-refractivity contribution is 5.78. The molecule has 1 amide bonds. The number of piperazine rings is 2. The van der Waals surface area contributed by atoms with E-state index in [2.05, 4.69) is 9.88 Å². The maximum atomic E-state index is 13.0. The molecule has 0 saturated carbocycles. The topological polar surface area (TPSA) is 86.1 Å². The van der Waals surface area contributed by atoms with Crippen LogP contribution in [-0.2, 0) is 11.0 Å². The number of rotatable bonds is 5. The third-order valence-electron chi connectivity index (χ3n) is 6.18. The molecule has 2 fully saturated rings. The molecule has 0 unspecified atom stereocenters. The summed E-state index contributed by atoms with van der Waals surface area (Å²) in [6.45, 7) is 4.59. The number of pyridine rings is 1. The second-order valence-electron chi connectivity index (χ2n) is 8.28. The van der Waals surface area contributed by atoms with Crippen molar-refractivity contribution in [3.05, 3.63) is 58.3 Å². The molecule has 12 heteroatoms. The Hall–Kier alpha value is -3.41. The zero-order chi connectivity index (χ0) is 24.3. The number of hydrogen-bond donors (Lipinski definition) is 0. The maximum Gasteiger partial charge on any atom is 0.416 e. The summed E-state index contributed by atoms with van der Waals surface area (Å²) >= 11 is 0. The smallest absolute Gasteiger partial charge is 0.363 e. The number of nitrogens with zero attached hydrogens (tertiary/aromatic N) is 6. The Bertz CT molecular complexity index is 1020. The van der Waals surface area contributed by atoms with Crippen molar-refractivity contribution in [1.29, 1.82) is 0 Å². The van der Waals surface area contributed by atoms with Crippen LogP contribution in [-0.4, -0.2) is 84.5 Å². The van der Waals surface area contributed by atoms with Gasteiger partial charge in [-0.3, -0.25) is 19.8 Å². The van der Waals surface area contributed by atoms with Crippen LogP contribution in [0.1, 0.15) is 5.56 Å². The van der Waals surface area contributed by atoms with Gasteiger partial charge >= 0.3 is 6.18 Å². The maximum absolute atomic E-state index is 13.0. The molecule has 2 saturated heterocycles. The molecule has 9 nitrogen and oxygen atoms in total. The van der Waals surface area contributed by atoms with Crippen molar-refractivity contribution in [2.45, 2.75) is 6.18 Å². The quantitative estimate of drug-likeness (QED) is 0.482. The number of nitro benzene ring substituents is 1. The minimum absolute atomic E-state index is 0.0228. The minimum atomic E-state index is -4.65. The second kappa shape index (κ2) is 9.84. The van der Waals surface area contributed by atoms with Crippen molar-refractivity contribution in [2.24, 2.45) is 0 Å². The van der Waals surface area contributed by atoms with Crippen molar-refractivity contribution < 1.29 is 22.9 Å². The van der Waals surface area contributed by atoms with Crippen molar-refractivity contribution in [3.8, 4) is 0 Å². The normalized spacial score (nSPS) is 17.7. The number of benzene rings is 1. The van der Waals surface area contributed by atoms with Crippen LogP contribution in [0.15, 0.2) is 42.6 Å². The van der Waals surface area contributed by atoms with E-state index in [4.69, 9.17) is 0 Å². The average Bonchev–Trinajstić information content (AvgIpc) is 2.84. The molecule has 3 heterocycles. The summed E-state index contributed by atoms with van der Waals surface area (Å²) in [5.74, 6) is 0.915. The highest BCUT2D eigenvalue weighted by Crippen LogP contribution is 2.36. The molecule has 182 valence electrons. The molecule has 0 radical (unpaired) electrons. The summed E-state index contributed by atoms with van der Waals surface area (Å²) in [4.78, 5) is 35.4. The molecule has 1 aromatic heterocycles. The lowest BCUT2D eigenvalue weighted by Gasteiger charge is -2.38. The van der Waals surface area contributed by atoms with Crippen molar-refractivity contribution in [1.82, 2.24) is 14.8 Å². The fourth-order valence-corrected chi connectivity index (χ4v) is 4.28. The highest BCUT2D eigenvalue weighted by Gasteiger charge is 2.34. The fourth-order valence-electron chi connectivity index (χ4n) is 4.28. The van der Waals surface area contributed by atoms with Gasteiger partial charge in [-0.25, -0.2) is 4.98 Å². The first kappa shape index (κ1) is 23.7. The summed E-state index contributed by atoms with van der Waals surface area (Å²) in [6.07, 6.45) is -2.91. The number of aromatic nitrogens is 1. The Balaban J connectivity index is 1.30. The number of carbonyl (C=O) groups is 1.